The van der Waals surface area contributed by atoms with Gasteiger partial charge in [0.15, 0.2) is 0 Å². The maximum Gasteiger partial charge on any atom is 0.338 e. The largest absolute Gasteiger partial charge is 0.455 e. The number of benzene rings is 1. The van der Waals surface area contributed by atoms with Crippen molar-refractivity contribution in [3.8, 4) is 0 Å². The van der Waals surface area contributed by atoms with Crippen LogP contribution in [0.15, 0.2) is 30.3 Å². The van der Waals surface area contributed by atoms with Crippen LogP contribution in [0.2, 0.25) is 0 Å². The normalized spacial score (nSPS) is 28.0. The summed E-state index contributed by atoms with van der Waals surface area (Å²) >= 11 is 0. The summed E-state index contributed by atoms with van der Waals surface area (Å²) in [5, 5.41) is 0. The molecule has 25 heavy (non-hydrogen) atoms. The summed E-state index contributed by atoms with van der Waals surface area (Å²) in [6, 6.07) is 9.54. The van der Waals surface area contributed by atoms with Crippen LogP contribution >= 0.6 is 0 Å². The van der Waals surface area contributed by atoms with Gasteiger partial charge in [-0.15, -0.1) is 0 Å². The molecule has 2 fully saturated rings. The Morgan fingerprint density at radius 2 is 1.72 bits per heavy atom. The topological polar surface area (TPSA) is 29.5 Å². The molecule has 0 bridgehead atoms. The summed E-state index contributed by atoms with van der Waals surface area (Å²) in [6.45, 7) is 1.01. The molecule has 3 rings (SSSR count). The Kier molecular flexibility index (Phi) is 6.16. The lowest BCUT2D eigenvalue weighted by Crippen LogP contribution is -2.54. The third kappa shape index (κ3) is 4.25. The van der Waals surface area contributed by atoms with Crippen LogP contribution in [0.3, 0.4) is 0 Å². The van der Waals surface area contributed by atoms with Gasteiger partial charge in [0.05, 0.1) is 5.56 Å². The van der Waals surface area contributed by atoms with Crippen molar-refractivity contribution in [2.45, 2.75) is 63.4 Å². The first-order valence-electron chi connectivity index (χ1n) is 10.0. The molecule has 0 saturated heterocycles. The molecule has 0 aromatic heterocycles. The van der Waals surface area contributed by atoms with Crippen LogP contribution in [0.1, 0.15) is 68.1 Å². The third-order valence-corrected chi connectivity index (χ3v) is 6.24. The number of rotatable bonds is 5. The molecular formula is C22H33NO2. The SMILES string of the molecule is CN(C)CC1CCCCC1(OC(=O)c1ccccc1)C1CCCCC1. The van der Waals surface area contributed by atoms with Crippen LogP contribution in [0, 0.1) is 11.8 Å². The molecule has 2 unspecified atom stereocenters. The molecule has 2 atom stereocenters. The number of carbonyl (C=O) groups is 1. The Hall–Kier alpha value is -1.35. The highest BCUT2D eigenvalue weighted by atomic mass is 16.6. The van der Waals surface area contributed by atoms with E-state index < -0.39 is 0 Å². The van der Waals surface area contributed by atoms with E-state index in [9.17, 15) is 4.79 Å². The number of hydrogen-bond donors (Lipinski definition) is 0. The maximum atomic E-state index is 13.0. The van der Waals surface area contributed by atoms with Crippen molar-refractivity contribution in [2.75, 3.05) is 20.6 Å². The van der Waals surface area contributed by atoms with Gasteiger partial charge >= 0.3 is 5.97 Å². The molecule has 1 aromatic carbocycles. The van der Waals surface area contributed by atoms with Gasteiger partial charge in [-0.1, -0.05) is 43.9 Å². The van der Waals surface area contributed by atoms with Crippen LogP contribution in [-0.4, -0.2) is 37.1 Å². The standard InChI is InChI=1S/C22H33NO2/c1-23(2)17-20-15-9-10-16-22(20,19-13-7-4-8-14-19)25-21(24)18-11-5-3-6-12-18/h3,5-6,11-12,19-20H,4,7-10,13-17H2,1-2H3. The van der Waals surface area contributed by atoms with Gasteiger partial charge in [0.25, 0.3) is 0 Å². The number of ether oxygens (including phenoxy) is 1. The molecule has 2 saturated carbocycles. The summed E-state index contributed by atoms with van der Waals surface area (Å²) in [7, 11) is 4.28. The van der Waals surface area contributed by atoms with Crippen molar-refractivity contribution < 1.29 is 9.53 Å². The second-order valence-corrected chi connectivity index (χ2v) is 8.25. The smallest absolute Gasteiger partial charge is 0.338 e. The highest BCUT2D eigenvalue weighted by Gasteiger charge is 2.50. The van der Waals surface area contributed by atoms with Crippen LogP contribution in [0.4, 0.5) is 0 Å². The van der Waals surface area contributed by atoms with Crippen molar-refractivity contribution in [3.63, 3.8) is 0 Å². The molecule has 3 nitrogen and oxygen atoms in total. The second kappa shape index (κ2) is 8.35. The van der Waals surface area contributed by atoms with Gasteiger partial charge in [0.2, 0.25) is 0 Å². The summed E-state index contributed by atoms with van der Waals surface area (Å²) in [5.74, 6) is 0.850. The zero-order valence-corrected chi connectivity index (χ0v) is 15.9. The molecule has 0 amide bonds. The molecular weight excluding hydrogens is 310 g/mol. The maximum absolute atomic E-state index is 13.0. The minimum atomic E-state index is -0.268. The Balaban J connectivity index is 1.88. The first kappa shape index (κ1) is 18.4. The average Bonchev–Trinajstić information content (AvgIpc) is 2.64. The summed E-state index contributed by atoms with van der Waals surface area (Å²) in [6.07, 6.45) is 11.0. The lowest BCUT2D eigenvalue weighted by molar-refractivity contribution is -0.120. The minimum Gasteiger partial charge on any atom is -0.455 e. The van der Waals surface area contributed by atoms with Crippen molar-refractivity contribution in [2.24, 2.45) is 11.8 Å². The number of nitrogens with zero attached hydrogens (tertiary/aromatic N) is 1. The van der Waals surface area contributed by atoms with E-state index >= 15 is 0 Å². The highest BCUT2D eigenvalue weighted by molar-refractivity contribution is 5.89. The molecule has 2 aliphatic rings. The number of carbonyl (C=O) groups excluding carboxylic acids is 1. The molecule has 0 heterocycles. The first-order valence-corrected chi connectivity index (χ1v) is 10.0. The predicted octanol–water partition coefficient (Wildman–Crippen LogP) is 4.91. The molecule has 0 radical (unpaired) electrons. The van der Waals surface area contributed by atoms with Gasteiger partial charge in [-0.2, -0.15) is 0 Å². The Morgan fingerprint density at radius 1 is 1.04 bits per heavy atom. The van der Waals surface area contributed by atoms with Gasteiger partial charge in [-0.25, -0.2) is 4.79 Å². The van der Waals surface area contributed by atoms with E-state index in [4.69, 9.17) is 4.74 Å². The zero-order valence-electron chi connectivity index (χ0n) is 15.9. The van der Waals surface area contributed by atoms with E-state index in [0.29, 0.717) is 17.4 Å². The fourth-order valence-corrected chi connectivity index (χ4v) is 5.08. The fraction of sp³-hybridized carbons (Fsp3) is 0.682. The Bertz CT molecular complexity index is 550. The lowest BCUT2D eigenvalue weighted by atomic mass is 9.64. The quantitative estimate of drug-likeness (QED) is 0.711. The van der Waals surface area contributed by atoms with Crippen molar-refractivity contribution in [3.05, 3.63) is 35.9 Å². The fourth-order valence-electron chi connectivity index (χ4n) is 5.08. The number of hydrogen-bond acceptors (Lipinski definition) is 3. The van der Waals surface area contributed by atoms with Crippen molar-refractivity contribution in [1.82, 2.24) is 4.90 Å². The van der Waals surface area contributed by atoms with Gasteiger partial charge in [-0.05, 0) is 64.3 Å². The third-order valence-electron chi connectivity index (χ3n) is 6.24. The van der Waals surface area contributed by atoms with Crippen LogP contribution in [0.5, 0.6) is 0 Å². The molecule has 0 N–H and O–H groups in total. The van der Waals surface area contributed by atoms with E-state index in [0.717, 1.165) is 13.0 Å². The van der Waals surface area contributed by atoms with E-state index in [-0.39, 0.29) is 11.6 Å². The molecule has 0 aliphatic heterocycles. The molecule has 2 aliphatic carbocycles. The molecule has 3 heteroatoms. The van der Waals surface area contributed by atoms with Crippen LogP contribution < -0.4 is 0 Å². The Labute approximate surface area is 152 Å². The van der Waals surface area contributed by atoms with E-state index in [1.807, 2.05) is 30.3 Å². The van der Waals surface area contributed by atoms with E-state index in [1.165, 1.54) is 51.4 Å². The molecule has 0 spiro atoms. The summed E-state index contributed by atoms with van der Waals surface area (Å²) < 4.78 is 6.45. The molecule has 138 valence electrons. The van der Waals surface area contributed by atoms with Gasteiger partial charge in [0, 0.05) is 12.5 Å². The Morgan fingerprint density at radius 3 is 2.40 bits per heavy atom. The second-order valence-electron chi connectivity index (χ2n) is 8.25. The van der Waals surface area contributed by atoms with Gasteiger partial charge in [0.1, 0.15) is 5.60 Å². The van der Waals surface area contributed by atoms with Gasteiger partial charge in [-0.3, -0.25) is 0 Å². The van der Waals surface area contributed by atoms with Crippen molar-refractivity contribution >= 4 is 5.97 Å². The predicted molar refractivity (Wildman–Crippen MR) is 102 cm³/mol. The van der Waals surface area contributed by atoms with Crippen LogP contribution in [-0.2, 0) is 4.74 Å². The lowest BCUT2D eigenvalue weighted by Gasteiger charge is -2.50. The summed E-state index contributed by atoms with van der Waals surface area (Å²) in [4.78, 5) is 15.2. The van der Waals surface area contributed by atoms with Crippen LogP contribution in [0.25, 0.3) is 0 Å². The average molecular weight is 344 g/mol. The minimum absolute atomic E-state index is 0.128. The first-order chi connectivity index (χ1) is 12.1. The summed E-state index contributed by atoms with van der Waals surface area (Å²) in [5.41, 5.74) is 0.419. The van der Waals surface area contributed by atoms with E-state index in [1.54, 1.807) is 0 Å². The monoisotopic (exact) mass is 343 g/mol. The zero-order chi connectivity index (χ0) is 17.7. The highest BCUT2D eigenvalue weighted by Crippen LogP contribution is 2.48. The van der Waals surface area contributed by atoms with E-state index in [2.05, 4.69) is 19.0 Å². The van der Waals surface area contributed by atoms with Gasteiger partial charge < -0.3 is 9.64 Å². The van der Waals surface area contributed by atoms with Crippen molar-refractivity contribution in [1.29, 1.82) is 0 Å². The molecule has 1 aromatic rings. The number of esters is 1.